The Balaban J connectivity index is 1.66. The number of anilines is 1. The maximum atomic E-state index is 14.5. The molecule has 0 fully saturated rings. The van der Waals surface area contributed by atoms with E-state index in [9.17, 15) is 23.2 Å². The molecule has 0 spiro atoms. The molecule has 0 bridgehead atoms. The second-order valence-corrected chi connectivity index (χ2v) is 10.6. The monoisotopic (exact) mass is 670 g/mol. The van der Waals surface area contributed by atoms with E-state index in [1.54, 1.807) is 36.4 Å². The fourth-order valence-corrected chi connectivity index (χ4v) is 4.92. The van der Waals surface area contributed by atoms with Gasteiger partial charge in [0.05, 0.1) is 27.0 Å². The number of aromatic nitrogens is 2. The van der Waals surface area contributed by atoms with E-state index >= 15 is 0 Å². The van der Waals surface area contributed by atoms with Crippen LogP contribution in [0.15, 0.2) is 89.9 Å². The first-order chi connectivity index (χ1) is 23.7. The van der Waals surface area contributed by atoms with E-state index in [-0.39, 0.29) is 47.5 Å². The smallest absolute Gasteiger partial charge is 0.330 e. The number of ether oxygens (including phenoxy) is 3. The lowest BCUT2D eigenvalue weighted by Crippen LogP contribution is -2.37. The van der Waals surface area contributed by atoms with Gasteiger partial charge in [0.25, 0.3) is 11.5 Å². The molecule has 2 aromatic heterocycles. The predicted molar refractivity (Wildman–Crippen MR) is 178 cm³/mol. The molecule has 0 radical (unpaired) electrons. The lowest BCUT2D eigenvalue weighted by atomic mass is 10.1. The molecule has 0 unspecified atom stereocenters. The van der Waals surface area contributed by atoms with Crippen molar-refractivity contribution in [1.29, 1.82) is 0 Å². The number of hydrogen-bond acceptors (Lipinski definition) is 9. The van der Waals surface area contributed by atoms with Gasteiger partial charge < -0.3 is 29.7 Å². The van der Waals surface area contributed by atoms with Crippen molar-refractivity contribution in [1.82, 2.24) is 15.0 Å². The first-order valence-electron chi connectivity index (χ1n) is 14.9. The first-order valence-corrected chi connectivity index (χ1v) is 14.9. The summed E-state index contributed by atoms with van der Waals surface area (Å²) >= 11 is 0. The third-order valence-corrected chi connectivity index (χ3v) is 7.45. The number of rotatable bonds is 13. The van der Waals surface area contributed by atoms with Gasteiger partial charge in [0, 0.05) is 54.0 Å². The largest absolute Gasteiger partial charge is 0.497 e. The number of nitrogens with zero attached hydrogens (tertiary/aromatic N) is 2. The van der Waals surface area contributed by atoms with Gasteiger partial charge in [-0.1, -0.05) is 36.4 Å². The summed E-state index contributed by atoms with van der Waals surface area (Å²) in [5.74, 6) is -2.07. The van der Waals surface area contributed by atoms with Crippen LogP contribution in [-0.2, 0) is 29.2 Å². The Morgan fingerprint density at radius 1 is 0.918 bits per heavy atom. The normalized spacial score (nSPS) is 11.0. The molecule has 11 nitrogen and oxygen atoms in total. The minimum Gasteiger partial charge on any atom is -0.497 e. The van der Waals surface area contributed by atoms with Crippen molar-refractivity contribution in [2.24, 2.45) is 0 Å². The lowest BCUT2D eigenvalue weighted by molar-refractivity contribution is -0.134. The van der Waals surface area contributed by atoms with Crippen molar-refractivity contribution in [2.75, 3.05) is 26.6 Å². The number of carbonyl (C=O) groups is 2. The Morgan fingerprint density at radius 3 is 2.41 bits per heavy atom. The third kappa shape index (κ3) is 8.01. The van der Waals surface area contributed by atoms with E-state index in [0.29, 0.717) is 28.7 Å². The molecule has 252 valence electrons. The van der Waals surface area contributed by atoms with E-state index in [2.05, 4.69) is 15.6 Å². The van der Waals surface area contributed by atoms with E-state index in [1.807, 2.05) is 18.2 Å². The average molecular weight is 671 g/mol. The first kappa shape index (κ1) is 34.1. The van der Waals surface area contributed by atoms with Gasteiger partial charge >= 0.3 is 5.97 Å². The molecule has 2 heterocycles. The van der Waals surface area contributed by atoms with Crippen molar-refractivity contribution in [2.45, 2.75) is 19.7 Å². The zero-order chi connectivity index (χ0) is 34.9. The Bertz CT molecular complexity index is 2080. The third-order valence-electron chi connectivity index (χ3n) is 7.45. The summed E-state index contributed by atoms with van der Waals surface area (Å²) in [5.41, 5.74) is 0.780. The van der Waals surface area contributed by atoms with E-state index in [4.69, 9.17) is 19.0 Å². The van der Waals surface area contributed by atoms with Crippen LogP contribution in [0.5, 0.6) is 11.5 Å². The highest BCUT2D eigenvalue weighted by Crippen LogP contribution is 2.29. The second kappa shape index (κ2) is 15.6. The molecule has 3 aromatic carbocycles. The van der Waals surface area contributed by atoms with E-state index in [0.717, 1.165) is 16.4 Å². The van der Waals surface area contributed by atoms with Crippen LogP contribution in [0, 0.1) is 11.6 Å². The van der Waals surface area contributed by atoms with Crippen LogP contribution in [0.25, 0.3) is 17.1 Å². The van der Waals surface area contributed by atoms with Gasteiger partial charge in [0.15, 0.2) is 5.65 Å². The molecule has 2 N–H and O–H groups in total. The standard InChI is InChI=1S/C36H32F2N4O7/c1-46-27-13-11-25(30(17-27)47-2)20-39-33-28-15-23(9-14-31(43)48-3)18-40-34(28)42(49-21-22-7-5-4-6-8-22)36(45)32(33)35(44)41-19-24-10-12-26(37)16-29(24)38/h4-18,39H,19-21H2,1-3H3,(H,41,44)/b14-9+. The zero-order valence-corrected chi connectivity index (χ0v) is 26.8. The molecule has 0 saturated heterocycles. The predicted octanol–water partition coefficient (Wildman–Crippen LogP) is 5.05. The SMILES string of the molecule is COC(=O)/C=C/c1cnc2c(c1)c(NCc1ccc(OC)cc1OC)c(C(=O)NCc1ccc(F)cc1F)c(=O)n2OCc1ccccc1. The summed E-state index contributed by atoms with van der Waals surface area (Å²) in [6, 6.07) is 18.8. The van der Waals surface area contributed by atoms with Crippen molar-refractivity contribution in [3.63, 3.8) is 0 Å². The van der Waals surface area contributed by atoms with Crippen LogP contribution in [0.4, 0.5) is 14.5 Å². The highest BCUT2D eigenvalue weighted by molar-refractivity contribution is 6.07. The van der Waals surface area contributed by atoms with Crippen molar-refractivity contribution in [3.05, 3.63) is 135 Å². The molecule has 0 aliphatic heterocycles. The molecule has 0 aliphatic carbocycles. The topological polar surface area (TPSA) is 130 Å². The van der Waals surface area contributed by atoms with Crippen LogP contribution < -0.4 is 30.5 Å². The summed E-state index contributed by atoms with van der Waals surface area (Å²) in [5, 5.41) is 6.05. The van der Waals surface area contributed by atoms with Gasteiger partial charge in [0.1, 0.15) is 35.3 Å². The number of amides is 1. The van der Waals surface area contributed by atoms with Crippen LogP contribution in [0.3, 0.4) is 0 Å². The van der Waals surface area contributed by atoms with Gasteiger partial charge in [-0.2, -0.15) is 0 Å². The highest BCUT2D eigenvalue weighted by Gasteiger charge is 2.25. The summed E-state index contributed by atoms with van der Waals surface area (Å²) in [7, 11) is 4.26. The fraction of sp³-hybridized carbons (Fsp3) is 0.167. The lowest BCUT2D eigenvalue weighted by Gasteiger charge is -2.19. The molecular weight excluding hydrogens is 638 g/mol. The van der Waals surface area contributed by atoms with E-state index in [1.165, 1.54) is 45.7 Å². The number of fused-ring (bicyclic) bond motifs is 1. The molecular formula is C36H32F2N4O7. The molecule has 5 aromatic rings. The summed E-state index contributed by atoms with van der Waals surface area (Å²) < 4.78 is 44.5. The number of pyridine rings is 2. The Kier molecular flexibility index (Phi) is 10.8. The number of benzene rings is 3. The summed E-state index contributed by atoms with van der Waals surface area (Å²) in [6.45, 7) is -0.315. The number of methoxy groups -OCH3 is 3. The molecule has 13 heteroatoms. The Labute approximate surface area is 279 Å². The number of hydrogen-bond donors (Lipinski definition) is 2. The second-order valence-electron chi connectivity index (χ2n) is 10.6. The number of carbonyl (C=O) groups excluding carboxylic acids is 2. The number of esters is 1. The molecule has 0 aliphatic rings. The van der Waals surface area contributed by atoms with Crippen LogP contribution in [0.1, 0.15) is 32.6 Å². The zero-order valence-electron chi connectivity index (χ0n) is 26.8. The fourth-order valence-electron chi connectivity index (χ4n) is 4.92. The van der Waals surface area contributed by atoms with Gasteiger partial charge in [0.2, 0.25) is 0 Å². The number of nitrogens with one attached hydrogen (secondary N) is 2. The van der Waals surface area contributed by atoms with E-state index < -0.39 is 29.1 Å². The van der Waals surface area contributed by atoms with Crippen LogP contribution >= 0.6 is 0 Å². The van der Waals surface area contributed by atoms with Gasteiger partial charge in [-0.25, -0.2) is 18.6 Å². The van der Waals surface area contributed by atoms with Crippen LogP contribution in [-0.4, -0.2) is 42.9 Å². The maximum Gasteiger partial charge on any atom is 0.330 e. The molecule has 5 rings (SSSR count). The minimum absolute atomic E-state index is 0.00516. The maximum absolute atomic E-state index is 14.5. The van der Waals surface area contributed by atoms with Crippen molar-refractivity contribution < 1.29 is 37.4 Å². The molecule has 0 saturated carbocycles. The highest BCUT2D eigenvalue weighted by atomic mass is 19.1. The number of halogens is 2. The molecule has 1 amide bonds. The quantitative estimate of drug-likeness (QED) is 0.131. The summed E-state index contributed by atoms with van der Waals surface area (Å²) in [6.07, 6.45) is 4.09. The van der Waals surface area contributed by atoms with Gasteiger partial charge in [-0.3, -0.25) is 9.59 Å². The van der Waals surface area contributed by atoms with Gasteiger partial charge in [-0.15, -0.1) is 4.73 Å². The summed E-state index contributed by atoms with van der Waals surface area (Å²) in [4.78, 5) is 50.4. The molecule has 0 atom stereocenters. The average Bonchev–Trinajstić information content (AvgIpc) is 3.12. The Hall–Kier alpha value is -6.24. The van der Waals surface area contributed by atoms with Gasteiger partial charge in [-0.05, 0) is 41.5 Å². The van der Waals surface area contributed by atoms with Crippen LogP contribution in [0.2, 0.25) is 0 Å². The minimum atomic E-state index is -0.868. The molecule has 49 heavy (non-hydrogen) atoms. The van der Waals surface area contributed by atoms with Crippen molar-refractivity contribution >= 4 is 34.7 Å². The van der Waals surface area contributed by atoms with Crippen molar-refractivity contribution in [3.8, 4) is 11.5 Å². The Morgan fingerprint density at radius 2 is 1.69 bits per heavy atom.